The Balaban J connectivity index is 1.38. The molecule has 1 aliphatic carbocycles. The van der Waals surface area contributed by atoms with Crippen LogP contribution in [0.2, 0.25) is 0 Å². The number of anilines is 1. The van der Waals surface area contributed by atoms with Crippen molar-refractivity contribution in [3.63, 3.8) is 0 Å². The number of aromatic nitrogens is 3. The molecule has 0 amide bonds. The van der Waals surface area contributed by atoms with Crippen LogP contribution in [0.25, 0.3) is 11.0 Å². The van der Waals surface area contributed by atoms with Gasteiger partial charge in [0.2, 0.25) is 6.23 Å². The molecular weight excluding hydrogens is 342 g/mol. The third-order valence-electron chi connectivity index (χ3n) is 5.59. The lowest BCUT2D eigenvalue weighted by molar-refractivity contribution is -0.125. The number of para-hydroxylation sites is 1. The number of ether oxygens (including phenoxy) is 1. The molecule has 0 bridgehead atoms. The van der Waals surface area contributed by atoms with E-state index in [-0.39, 0.29) is 5.54 Å². The molecule has 1 spiro atoms. The van der Waals surface area contributed by atoms with E-state index in [0.717, 1.165) is 61.4 Å². The average Bonchev–Trinajstić information content (AvgIpc) is 3.29. The minimum Gasteiger partial charge on any atom is -0.468 e. The number of aromatic amines is 1. The van der Waals surface area contributed by atoms with Gasteiger partial charge in [-0.3, -0.25) is 9.69 Å². The van der Waals surface area contributed by atoms with Crippen LogP contribution in [0.3, 0.4) is 0 Å². The Hall–Kier alpha value is -2.93. The third kappa shape index (κ3) is 2.84. The Kier molecular flexibility index (Phi) is 3.82. The van der Waals surface area contributed by atoms with E-state index in [1.54, 1.807) is 6.33 Å². The van der Waals surface area contributed by atoms with Gasteiger partial charge in [0.05, 0.1) is 5.39 Å². The summed E-state index contributed by atoms with van der Waals surface area (Å²) in [5.74, 6) is 1.68. The number of nitrogens with one attached hydrogen (secondary N) is 1. The molecule has 1 N–H and O–H groups in total. The van der Waals surface area contributed by atoms with E-state index in [2.05, 4.69) is 24.8 Å². The highest BCUT2D eigenvalue weighted by atomic mass is 16.5. The van der Waals surface area contributed by atoms with E-state index in [1.807, 2.05) is 42.6 Å². The van der Waals surface area contributed by atoms with Gasteiger partial charge in [-0.05, 0) is 31.0 Å². The first-order valence-electron chi connectivity index (χ1n) is 9.26. The molecule has 1 unspecified atom stereocenters. The normalized spacial score (nSPS) is 19.9. The van der Waals surface area contributed by atoms with Crippen LogP contribution in [0.1, 0.15) is 12.8 Å². The zero-order chi connectivity index (χ0) is 18.3. The first-order valence-corrected chi connectivity index (χ1v) is 9.26. The lowest BCUT2D eigenvalue weighted by atomic mass is 10.1. The Labute approximate surface area is 157 Å². The topological polar surface area (TPSA) is 74.3 Å². The summed E-state index contributed by atoms with van der Waals surface area (Å²) in [4.78, 5) is 28.3. The van der Waals surface area contributed by atoms with Gasteiger partial charge in [-0.2, -0.15) is 0 Å². The molecule has 138 valence electrons. The lowest BCUT2D eigenvalue weighted by Crippen LogP contribution is -2.60. The number of benzene rings is 1. The number of H-pyrrole nitrogens is 1. The molecular formula is C20H21N5O2. The van der Waals surface area contributed by atoms with Crippen LogP contribution in [-0.2, 0) is 4.79 Å². The van der Waals surface area contributed by atoms with Crippen LogP contribution in [0.5, 0.6) is 5.75 Å². The summed E-state index contributed by atoms with van der Waals surface area (Å²) < 4.78 is 5.99. The minimum absolute atomic E-state index is 0.0216. The largest absolute Gasteiger partial charge is 0.468 e. The molecule has 2 fully saturated rings. The van der Waals surface area contributed by atoms with Crippen molar-refractivity contribution >= 4 is 23.1 Å². The van der Waals surface area contributed by atoms with Crippen LogP contribution in [0, 0.1) is 0 Å². The molecule has 7 nitrogen and oxygen atoms in total. The molecule has 2 aromatic heterocycles. The van der Waals surface area contributed by atoms with E-state index in [1.165, 1.54) is 0 Å². The zero-order valence-corrected chi connectivity index (χ0v) is 14.9. The molecule has 3 heterocycles. The average molecular weight is 363 g/mol. The van der Waals surface area contributed by atoms with Gasteiger partial charge in [0, 0.05) is 31.4 Å². The molecule has 1 aromatic carbocycles. The minimum atomic E-state index is -0.560. The highest BCUT2D eigenvalue weighted by molar-refractivity contribution is 5.87. The van der Waals surface area contributed by atoms with E-state index in [9.17, 15) is 4.79 Å². The number of fused-ring (bicyclic) bond motifs is 1. The van der Waals surface area contributed by atoms with Gasteiger partial charge >= 0.3 is 0 Å². The molecule has 1 aliphatic heterocycles. The second kappa shape index (κ2) is 6.35. The Morgan fingerprint density at radius 2 is 2.00 bits per heavy atom. The second-order valence-electron chi connectivity index (χ2n) is 7.23. The Bertz CT molecular complexity index is 953. The number of carbonyl (C=O) groups is 1. The van der Waals surface area contributed by atoms with E-state index in [0.29, 0.717) is 0 Å². The fourth-order valence-electron chi connectivity index (χ4n) is 4.07. The third-order valence-corrected chi connectivity index (χ3v) is 5.59. The van der Waals surface area contributed by atoms with Gasteiger partial charge in [0.25, 0.3) is 0 Å². The van der Waals surface area contributed by atoms with Gasteiger partial charge in [0.15, 0.2) is 6.29 Å². The van der Waals surface area contributed by atoms with Gasteiger partial charge in [-0.25, -0.2) is 9.97 Å². The molecule has 7 heteroatoms. The van der Waals surface area contributed by atoms with Crippen LogP contribution >= 0.6 is 0 Å². The Morgan fingerprint density at radius 3 is 2.78 bits per heavy atom. The van der Waals surface area contributed by atoms with Gasteiger partial charge in [0.1, 0.15) is 23.5 Å². The maximum absolute atomic E-state index is 11.8. The number of hydrogen-bond acceptors (Lipinski definition) is 6. The van der Waals surface area contributed by atoms with Crippen molar-refractivity contribution in [2.24, 2.45) is 0 Å². The zero-order valence-electron chi connectivity index (χ0n) is 14.9. The fourth-order valence-corrected chi connectivity index (χ4v) is 4.07. The smallest absolute Gasteiger partial charge is 0.209 e. The highest BCUT2D eigenvalue weighted by Crippen LogP contribution is 2.46. The molecule has 2 aliphatic rings. The van der Waals surface area contributed by atoms with Crippen molar-refractivity contribution in [1.82, 2.24) is 19.9 Å². The van der Waals surface area contributed by atoms with E-state index >= 15 is 0 Å². The molecule has 1 atom stereocenters. The Morgan fingerprint density at radius 1 is 1.15 bits per heavy atom. The summed E-state index contributed by atoms with van der Waals surface area (Å²) >= 11 is 0. The maximum atomic E-state index is 11.8. The van der Waals surface area contributed by atoms with Crippen molar-refractivity contribution in [1.29, 1.82) is 0 Å². The number of carbonyl (C=O) groups excluding carboxylic acids is 1. The van der Waals surface area contributed by atoms with Crippen LogP contribution in [0.4, 0.5) is 5.82 Å². The quantitative estimate of drug-likeness (QED) is 0.701. The molecule has 1 saturated carbocycles. The van der Waals surface area contributed by atoms with Crippen molar-refractivity contribution < 1.29 is 9.53 Å². The van der Waals surface area contributed by atoms with E-state index < -0.39 is 6.23 Å². The summed E-state index contributed by atoms with van der Waals surface area (Å²) in [7, 11) is 0. The summed E-state index contributed by atoms with van der Waals surface area (Å²) in [5, 5.41) is 1.04. The van der Waals surface area contributed by atoms with Crippen molar-refractivity contribution in [3.8, 4) is 5.75 Å². The first kappa shape index (κ1) is 16.3. The molecule has 1 saturated heterocycles. The summed E-state index contributed by atoms with van der Waals surface area (Å²) in [6.07, 6.45) is 5.97. The fraction of sp³-hybridized carbons (Fsp3) is 0.350. The van der Waals surface area contributed by atoms with Gasteiger partial charge < -0.3 is 14.6 Å². The number of rotatable bonds is 5. The number of piperazine rings is 1. The lowest BCUT2D eigenvalue weighted by Gasteiger charge is -2.44. The predicted molar refractivity (Wildman–Crippen MR) is 102 cm³/mol. The van der Waals surface area contributed by atoms with E-state index in [4.69, 9.17) is 4.74 Å². The second-order valence-corrected chi connectivity index (χ2v) is 7.23. The number of nitrogens with zero attached hydrogens (tertiary/aromatic N) is 4. The number of hydrogen-bond donors (Lipinski definition) is 1. The SMILES string of the molecule is O=CC(Oc1ccccc1)N1CCN(c2ncnc3[nH]ccc23)CC12CC2. The summed E-state index contributed by atoms with van der Waals surface area (Å²) in [5.41, 5.74) is 0.831. The predicted octanol–water partition coefficient (Wildman–Crippen LogP) is 2.22. The number of aldehydes is 1. The molecule has 0 radical (unpaired) electrons. The van der Waals surface area contributed by atoms with Crippen molar-refractivity contribution in [2.45, 2.75) is 24.6 Å². The van der Waals surface area contributed by atoms with Crippen LogP contribution < -0.4 is 9.64 Å². The standard InChI is InChI=1S/C20H21N5O2/c26-12-17(27-15-4-2-1-3-5-15)25-11-10-24(13-20(25)7-8-20)19-16-6-9-21-18(16)22-14-23-19/h1-6,9,12,14,17H,7-8,10-11,13H2,(H,21,22,23). The van der Waals surface area contributed by atoms with Gasteiger partial charge in [-0.1, -0.05) is 18.2 Å². The van der Waals surface area contributed by atoms with Crippen LogP contribution in [0.15, 0.2) is 48.9 Å². The highest BCUT2D eigenvalue weighted by Gasteiger charge is 2.54. The molecule has 5 rings (SSSR count). The molecule has 3 aromatic rings. The van der Waals surface area contributed by atoms with Crippen molar-refractivity contribution in [2.75, 3.05) is 24.5 Å². The first-order chi connectivity index (χ1) is 13.3. The molecule has 27 heavy (non-hydrogen) atoms. The monoisotopic (exact) mass is 363 g/mol. The summed E-state index contributed by atoms with van der Waals surface area (Å²) in [6, 6.07) is 11.6. The van der Waals surface area contributed by atoms with Crippen molar-refractivity contribution in [3.05, 3.63) is 48.9 Å². The summed E-state index contributed by atoms with van der Waals surface area (Å²) in [6.45, 7) is 2.39. The maximum Gasteiger partial charge on any atom is 0.209 e. The van der Waals surface area contributed by atoms with Gasteiger partial charge in [-0.15, -0.1) is 0 Å². The van der Waals surface area contributed by atoms with Crippen LogP contribution in [-0.4, -0.2) is 57.5 Å².